The fraction of sp³-hybridized carbons (Fsp3) is 0.105. The van der Waals surface area contributed by atoms with E-state index in [4.69, 9.17) is 16.3 Å². The molecule has 0 unspecified atom stereocenters. The van der Waals surface area contributed by atoms with E-state index in [0.29, 0.717) is 33.8 Å². The highest BCUT2D eigenvalue weighted by Gasteiger charge is 2.14. The summed E-state index contributed by atoms with van der Waals surface area (Å²) in [6, 6.07) is 16.5. The molecule has 0 radical (unpaired) electrons. The molecule has 0 aliphatic carbocycles. The van der Waals surface area contributed by atoms with E-state index in [-0.39, 0.29) is 5.56 Å². The van der Waals surface area contributed by atoms with Gasteiger partial charge in [-0.3, -0.25) is 4.79 Å². The number of aromatic nitrogens is 2. The molecule has 0 spiro atoms. The van der Waals surface area contributed by atoms with Gasteiger partial charge in [-0.05, 0) is 24.5 Å². The van der Waals surface area contributed by atoms with Gasteiger partial charge in [-0.15, -0.1) is 0 Å². The van der Waals surface area contributed by atoms with Gasteiger partial charge in [0.05, 0.1) is 5.69 Å². The third kappa shape index (κ3) is 3.90. The average Bonchev–Trinajstić information content (AvgIpc) is 2.67. The highest BCUT2D eigenvalue weighted by atomic mass is 35.5. The number of H-pyrrole nitrogens is 1. The Morgan fingerprint density at radius 1 is 1.27 bits per heavy atom. The Bertz CT molecular complexity index is 1040. The number of thioether (sulfide) groups is 1. The number of nitriles is 1. The number of aromatic amines is 1. The lowest BCUT2D eigenvalue weighted by atomic mass is 10.1. The predicted molar refractivity (Wildman–Crippen MR) is 103 cm³/mol. The molecule has 1 heterocycles. The minimum atomic E-state index is -0.454. The standard InChI is InChI=1S/C19H14ClN3O2S/c1-26-19-22-17(15(10-21)18(24)23-19)12-6-4-7-14(9-12)25-11-13-5-2-3-8-16(13)20/h2-9H,11H2,1H3,(H,22,23,24). The van der Waals surface area contributed by atoms with Crippen LogP contribution in [0.25, 0.3) is 11.3 Å². The van der Waals surface area contributed by atoms with Crippen LogP contribution in [0, 0.1) is 11.3 Å². The monoisotopic (exact) mass is 383 g/mol. The average molecular weight is 384 g/mol. The third-order valence-electron chi connectivity index (χ3n) is 3.66. The van der Waals surface area contributed by atoms with Crippen molar-refractivity contribution < 1.29 is 4.74 Å². The molecule has 0 aliphatic heterocycles. The Labute approximate surface area is 159 Å². The molecule has 0 fully saturated rings. The highest BCUT2D eigenvalue weighted by Crippen LogP contribution is 2.26. The molecule has 0 saturated heterocycles. The second-order valence-corrected chi connectivity index (χ2v) is 6.52. The zero-order valence-corrected chi connectivity index (χ0v) is 15.4. The van der Waals surface area contributed by atoms with Crippen molar-refractivity contribution in [2.45, 2.75) is 11.8 Å². The van der Waals surface area contributed by atoms with Crippen molar-refractivity contribution in [2.75, 3.05) is 6.26 Å². The normalized spacial score (nSPS) is 10.3. The van der Waals surface area contributed by atoms with Gasteiger partial charge >= 0.3 is 0 Å². The SMILES string of the molecule is CSc1nc(-c2cccc(OCc3ccccc3Cl)c2)c(C#N)c(=O)[nH]1. The Morgan fingerprint density at radius 2 is 2.08 bits per heavy atom. The molecule has 3 rings (SSSR count). The lowest BCUT2D eigenvalue weighted by molar-refractivity contribution is 0.306. The van der Waals surface area contributed by atoms with Crippen molar-refractivity contribution >= 4 is 23.4 Å². The summed E-state index contributed by atoms with van der Waals surface area (Å²) < 4.78 is 5.81. The van der Waals surface area contributed by atoms with Gasteiger partial charge in [-0.2, -0.15) is 5.26 Å². The van der Waals surface area contributed by atoms with Crippen molar-refractivity contribution in [3.05, 3.63) is 75.0 Å². The van der Waals surface area contributed by atoms with E-state index in [1.165, 1.54) is 11.8 Å². The van der Waals surface area contributed by atoms with Crippen molar-refractivity contribution in [2.24, 2.45) is 0 Å². The number of nitrogens with one attached hydrogen (secondary N) is 1. The first-order valence-electron chi connectivity index (χ1n) is 7.67. The van der Waals surface area contributed by atoms with E-state index in [9.17, 15) is 10.1 Å². The Balaban J connectivity index is 1.93. The van der Waals surface area contributed by atoms with Crippen LogP contribution in [0.4, 0.5) is 0 Å². The zero-order chi connectivity index (χ0) is 18.5. The minimum Gasteiger partial charge on any atom is -0.489 e. The van der Waals surface area contributed by atoms with Gasteiger partial charge in [0.25, 0.3) is 5.56 Å². The quantitative estimate of drug-likeness (QED) is 0.526. The lowest BCUT2D eigenvalue weighted by Crippen LogP contribution is -2.14. The predicted octanol–water partition coefficient (Wildman–Crippen LogP) is 4.26. The molecule has 0 amide bonds. The van der Waals surface area contributed by atoms with Gasteiger partial charge < -0.3 is 9.72 Å². The number of nitrogens with zero attached hydrogens (tertiary/aromatic N) is 2. The topological polar surface area (TPSA) is 78.8 Å². The van der Waals surface area contributed by atoms with Gasteiger partial charge in [0.2, 0.25) is 0 Å². The molecule has 1 N–H and O–H groups in total. The van der Waals surface area contributed by atoms with Crippen molar-refractivity contribution in [3.8, 4) is 23.1 Å². The molecular formula is C19H14ClN3O2S. The van der Waals surface area contributed by atoms with E-state index in [1.807, 2.05) is 24.3 Å². The Hall–Kier alpha value is -2.75. The fourth-order valence-electron chi connectivity index (χ4n) is 2.37. The van der Waals surface area contributed by atoms with Gasteiger partial charge in [-0.25, -0.2) is 4.98 Å². The van der Waals surface area contributed by atoms with E-state index < -0.39 is 5.56 Å². The summed E-state index contributed by atoms with van der Waals surface area (Å²) in [4.78, 5) is 19.0. The van der Waals surface area contributed by atoms with Crippen molar-refractivity contribution in [1.82, 2.24) is 9.97 Å². The van der Waals surface area contributed by atoms with Crippen LogP contribution < -0.4 is 10.3 Å². The summed E-state index contributed by atoms with van der Waals surface area (Å²) in [5.41, 5.74) is 1.37. The summed E-state index contributed by atoms with van der Waals surface area (Å²) >= 11 is 7.44. The van der Waals surface area contributed by atoms with Crippen LogP contribution in [0.3, 0.4) is 0 Å². The summed E-state index contributed by atoms with van der Waals surface area (Å²) in [7, 11) is 0. The smallest absolute Gasteiger partial charge is 0.270 e. The summed E-state index contributed by atoms with van der Waals surface area (Å²) in [5, 5.41) is 10.4. The lowest BCUT2D eigenvalue weighted by Gasteiger charge is -2.10. The Morgan fingerprint density at radius 3 is 2.81 bits per heavy atom. The van der Waals surface area contributed by atoms with Crippen LogP contribution in [-0.4, -0.2) is 16.2 Å². The van der Waals surface area contributed by atoms with E-state index in [2.05, 4.69) is 9.97 Å². The molecule has 26 heavy (non-hydrogen) atoms. The van der Waals surface area contributed by atoms with Gasteiger partial charge in [0.15, 0.2) is 5.16 Å². The maximum atomic E-state index is 12.1. The number of ether oxygens (including phenoxy) is 1. The molecule has 130 valence electrons. The van der Waals surface area contributed by atoms with Crippen LogP contribution in [0.15, 0.2) is 58.5 Å². The molecule has 1 aromatic heterocycles. The molecule has 0 saturated carbocycles. The fourth-order valence-corrected chi connectivity index (χ4v) is 2.94. The Kier molecular flexibility index (Phi) is 5.61. The van der Waals surface area contributed by atoms with Crippen LogP contribution in [0.1, 0.15) is 11.1 Å². The largest absolute Gasteiger partial charge is 0.489 e. The molecule has 0 bridgehead atoms. The second kappa shape index (κ2) is 8.09. The molecule has 7 heteroatoms. The molecule has 3 aromatic rings. The number of benzene rings is 2. The molecule has 0 aliphatic rings. The van der Waals surface area contributed by atoms with Crippen LogP contribution in [0.5, 0.6) is 5.75 Å². The second-order valence-electron chi connectivity index (χ2n) is 5.32. The van der Waals surface area contributed by atoms with E-state index in [1.54, 1.807) is 36.6 Å². The minimum absolute atomic E-state index is 0.0222. The van der Waals surface area contributed by atoms with Crippen LogP contribution >= 0.6 is 23.4 Å². The summed E-state index contributed by atoms with van der Waals surface area (Å²) in [6.45, 7) is 0.313. The highest BCUT2D eigenvalue weighted by molar-refractivity contribution is 7.98. The summed E-state index contributed by atoms with van der Waals surface area (Å²) in [5.74, 6) is 0.596. The first-order chi connectivity index (χ1) is 12.6. The zero-order valence-electron chi connectivity index (χ0n) is 13.8. The van der Waals surface area contributed by atoms with Crippen molar-refractivity contribution in [3.63, 3.8) is 0 Å². The van der Waals surface area contributed by atoms with E-state index in [0.717, 1.165) is 5.56 Å². The van der Waals surface area contributed by atoms with Crippen LogP contribution in [-0.2, 0) is 6.61 Å². The number of halogens is 1. The molecule has 0 atom stereocenters. The molecule has 5 nitrogen and oxygen atoms in total. The first kappa shape index (κ1) is 18.1. The third-order valence-corrected chi connectivity index (χ3v) is 4.61. The van der Waals surface area contributed by atoms with Gasteiger partial charge in [0, 0.05) is 16.1 Å². The van der Waals surface area contributed by atoms with E-state index >= 15 is 0 Å². The number of rotatable bonds is 5. The van der Waals surface area contributed by atoms with Crippen molar-refractivity contribution in [1.29, 1.82) is 5.26 Å². The van der Waals surface area contributed by atoms with Gasteiger partial charge in [0.1, 0.15) is 24.0 Å². The number of hydrogen-bond donors (Lipinski definition) is 1. The first-order valence-corrected chi connectivity index (χ1v) is 9.27. The maximum absolute atomic E-state index is 12.1. The number of hydrogen-bond acceptors (Lipinski definition) is 5. The summed E-state index contributed by atoms with van der Waals surface area (Å²) in [6.07, 6.45) is 1.80. The van der Waals surface area contributed by atoms with Gasteiger partial charge in [-0.1, -0.05) is 53.7 Å². The molecular weight excluding hydrogens is 370 g/mol. The van der Waals surface area contributed by atoms with Crippen LogP contribution in [0.2, 0.25) is 5.02 Å². The molecule has 2 aromatic carbocycles. The maximum Gasteiger partial charge on any atom is 0.270 e.